The van der Waals surface area contributed by atoms with Crippen molar-refractivity contribution in [2.75, 3.05) is 24.5 Å². The zero-order valence-corrected chi connectivity index (χ0v) is 19.7. The first-order chi connectivity index (χ1) is 16.4. The van der Waals surface area contributed by atoms with E-state index in [1.54, 1.807) is 31.6 Å². The van der Waals surface area contributed by atoms with Gasteiger partial charge in [0.15, 0.2) is 5.65 Å². The van der Waals surface area contributed by atoms with Crippen LogP contribution in [0.1, 0.15) is 48.5 Å². The molecule has 4 heterocycles. The molecule has 1 saturated carbocycles. The van der Waals surface area contributed by atoms with Gasteiger partial charge in [-0.25, -0.2) is 15.0 Å². The number of hydrogen-bond acceptors (Lipinski definition) is 7. The predicted octanol–water partition coefficient (Wildman–Crippen LogP) is 1.91. The van der Waals surface area contributed by atoms with Crippen molar-refractivity contribution in [2.24, 2.45) is 13.0 Å². The fourth-order valence-electron chi connectivity index (χ4n) is 4.61. The van der Waals surface area contributed by atoms with Gasteiger partial charge in [0.25, 0.3) is 5.91 Å². The number of hydrogen-bond donors (Lipinski definition) is 1. The second kappa shape index (κ2) is 9.17. The van der Waals surface area contributed by atoms with Crippen LogP contribution in [0.25, 0.3) is 11.2 Å². The number of anilines is 1. The fraction of sp³-hybridized carbons (Fsp3) is 0.478. The molecule has 1 saturated heterocycles. The summed E-state index contributed by atoms with van der Waals surface area (Å²) in [6, 6.07) is 3.12. The molecule has 0 radical (unpaired) electrons. The number of aryl methyl sites for hydroxylation is 1. The van der Waals surface area contributed by atoms with Gasteiger partial charge in [-0.1, -0.05) is 18.0 Å². The summed E-state index contributed by atoms with van der Waals surface area (Å²) in [5, 5.41) is 3.21. The van der Waals surface area contributed by atoms with Crippen molar-refractivity contribution in [1.29, 1.82) is 0 Å². The van der Waals surface area contributed by atoms with Gasteiger partial charge in [-0.15, -0.1) is 0 Å². The first-order valence-electron chi connectivity index (χ1n) is 11.6. The number of amides is 1. The summed E-state index contributed by atoms with van der Waals surface area (Å²) in [4.78, 5) is 52.8. The lowest BCUT2D eigenvalue weighted by Gasteiger charge is -2.33. The van der Waals surface area contributed by atoms with E-state index in [4.69, 9.17) is 11.6 Å². The Bertz CT molecular complexity index is 1340. The highest BCUT2D eigenvalue weighted by molar-refractivity contribution is 6.29. The summed E-state index contributed by atoms with van der Waals surface area (Å²) in [6.07, 6.45) is 7.92. The van der Waals surface area contributed by atoms with Crippen LogP contribution in [0, 0.1) is 5.92 Å². The number of carbonyl (C=O) groups is 1. The first kappa shape index (κ1) is 22.5. The van der Waals surface area contributed by atoms with Gasteiger partial charge >= 0.3 is 11.1 Å². The molecule has 0 bridgehead atoms. The minimum Gasteiger partial charge on any atom is -0.352 e. The summed E-state index contributed by atoms with van der Waals surface area (Å²) < 4.78 is 2.79. The molecule has 5 rings (SSSR count). The van der Waals surface area contributed by atoms with Crippen LogP contribution in [0.4, 0.5) is 5.95 Å². The van der Waals surface area contributed by atoms with Crippen LogP contribution >= 0.6 is 11.6 Å². The van der Waals surface area contributed by atoms with E-state index in [1.165, 1.54) is 28.4 Å². The van der Waals surface area contributed by atoms with Crippen molar-refractivity contribution in [3.8, 4) is 0 Å². The van der Waals surface area contributed by atoms with Crippen molar-refractivity contribution < 1.29 is 4.79 Å². The number of halogens is 1. The molecule has 34 heavy (non-hydrogen) atoms. The summed E-state index contributed by atoms with van der Waals surface area (Å²) in [5.74, 6) is 0.975. The highest BCUT2D eigenvalue weighted by atomic mass is 35.5. The average molecular weight is 484 g/mol. The van der Waals surface area contributed by atoms with E-state index in [2.05, 4.69) is 20.3 Å². The second-order valence-electron chi connectivity index (χ2n) is 9.01. The Morgan fingerprint density at radius 3 is 2.44 bits per heavy atom. The zero-order valence-electron chi connectivity index (χ0n) is 18.9. The molecule has 1 aliphatic carbocycles. The van der Waals surface area contributed by atoms with E-state index in [-0.39, 0.29) is 17.1 Å². The maximum atomic E-state index is 12.9. The van der Waals surface area contributed by atoms with Gasteiger partial charge in [-0.3, -0.25) is 19.0 Å². The normalized spacial score (nSPS) is 17.1. The van der Waals surface area contributed by atoms with Gasteiger partial charge in [-0.05, 0) is 43.7 Å². The molecule has 0 unspecified atom stereocenters. The van der Waals surface area contributed by atoms with Crippen LogP contribution in [0.15, 0.2) is 34.1 Å². The molecule has 3 aromatic rings. The highest BCUT2D eigenvalue weighted by Crippen LogP contribution is 2.27. The fourth-order valence-corrected chi connectivity index (χ4v) is 4.75. The molecule has 2 fully saturated rings. The molecule has 1 amide bonds. The number of carbonyl (C=O) groups excluding carboxylic acids is 1. The number of rotatable bonds is 5. The minimum atomic E-state index is -0.600. The van der Waals surface area contributed by atoms with E-state index in [1.807, 2.05) is 4.90 Å². The van der Waals surface area contributed by atoms with Crippen molar-refractivity contribution in [3.63, 3.8) is 0 Å². The van der Waals surface area contributed by atoms with Crippen LogP contribution in [-0.4, -0.2) is 49.6 Å². The average Bonchev–Trinajstić information content (AvgIpc) is 2.82. The number of fused-ring (bicyclic) bond motifs is 1. The molecule has 10 nitrogen and oxygen atoms in total. The number of nitrogens with zero attached hydrogens (tertiary/aromatic N) is 6. The van der Waals surface area contributed by atoms with E-state index in [0.29, 0.717) is 61.1 Å². The van der Waals surface area contributed by atoms with Gasteiger partial charge in [0.05, 0.1) is 11.1 Å². The first-order valence-corrected chi connectivity index (χ1v) is 11.9. The van der Waals surface area contributed by atoms with Gasteiger partial charge in [0.1, 0.15) is 5.15 Å². The maximum absolute atomic E-state index is 12.9. The highest BCUT2D eigenvalue weighted by Gasteiger charge is 2.26. The van der Waals surface area contributed by atoms with Gasteiger partial charge in [-0.2, -0.15) is 0 Å². The Balaban J connectivity index is 1.29. The minimum absolute atomic E-state index is 0.153. The predicted molar refractivity (Wildman–Crippen MR) is 128 cm³/mol. The van der Waals surface area contributed by atoms with Crippen LogP contribution < -0.4 is 21.3 Å². The largest absolute Gasteiger partial charge is 0.352 e. The van der Waals surface area contributed by atoms with Crippen molar-refractivity contribution in [2.45, 2.75) is 38.1 Å². The van der Waals surface area contributed by atoms with E-state index in [0.717, 1.165) is 0 Å². The molecule has 2 aliphatic rings. The Hall–Kier alpha value is -3.27. The molecular formula is C23H26ClN7O3. The SMILES string of the molecule is Cn1c(=O)c(=O)n(C2CCN(c3ncc(C(=O)NCC4CCC4)cn3)CC2)c2nc(Cl)ccc21. The Kier molecular flexibility index (Phi) is 6.07. The summed E-state index contributed by atoms with van der Waals surface area (Å²) >= 11 is 6.09. The summed E-state index contributed by atoms with van der Waals surface area (Å²) in [7, 11) is 1.56. The third-order valence-electron chi connectivity index (χ3n) is 6.91. The number of aromatic nitrogens is 5. The smallest absolute Gasteiger partial charge is 0.318 e. The lowest BCUT2D eigenvalue weighted by atomic mass is 9.85. The molecule has 0 atom stereocenters. The van der Waals surface area contributed by atoms with E-state index >= 15 is 0 Å². The number of pyridine rings is 1. The van der Waals surface area contributed by atoms with Gasteiger partial charge in [0, 0.05) is 45.1 Å². The molecule has 0 aromatic carbocycles. The topological polar surface area (TPSA) is 115 Å². The molecular weight excluding hydrogens is 458 g/mol. The van der Waals surface area contributed by atoms with Crippen LogP contribution in [0.3, 0.4) is 0 Å². The van der Waals surface area contributed by atoms with Crippen LogP contribution in [0.5, 0.6) is 0 Å². The third kappa shape index (κ3) is 4.18. The van der Waals surface area contributed by atoms with Gasteiger partial charge < -0.3 is 14.8 Å². The lowest BCUT2D eigenvalue weighted by molar-refractivity contribution is 0.0938. The Labute approximate surface area is 200 Å². The molecule has 1 aliphatic heterocycles. The standard InChI is InChI=1S/C23H26ClN7O3/c1-29-17-5-6-18(24)28-19(17)31(22(34)21(29)33)16-7-9-30(10-8-16)23-26-12-15(13-27-23)20(32)25-11-14-3-2-4-14/h5-6,12-14,16H,2-4,7-11H2,1H3,(H,25,32). The van der Waals surface area contributed by atoms with Crippen molar-refractivity contribution in [1.82, 2.24) is 29.4 Å². The number of nitrogens with one attached hydrogen (secondary N) is 1. The molecule has 11 heteroatoms. The summed E-state index contributed by atoms with van der Waals surface area (Å²) in [6.45, 7) is 1.90. The quantitative estimate of drug-likeness (QED) is 0.435. The van der Waals surface area contributed by atoms with Crippen molar-refractivity contribution >= 4 is 34.6 Å². The van der Waals surface area contributed by atoms with Gasteiger partial charge in [0.2, 0.25) is 5.95 Å². The molecule has 178 valence electrons. The van der Waals surface area contributed by atoms with Crippen LogP contribution in [-0.2, 0) is 7.05 Å². The van der Waals surface area contributed by atoms with Crippen LogP contribution in [0.2, 0.25) is 5.15 Å². The summed E-state index contributed by atoms with van der Waals surface area (Å²) in [5.41, 5.74) is 0.224. The third-order valence-corrected chi connectivity index (χ3v) is 7.12. The van der Waals surface area contributed by atoms with E-state index in [9.17, 15) is 14.4 Å². The van der Waals surface area contributed by atoms with E-state index < -0.39 is 11.1 Å². The molecule has 0 spiro atoms. The molecule has 1 N–H and O–H groups in total. The lowest BCUT2D eigenvalue weighted by Crippen LogP contribution is -2.45. The zero-order chi connectivity index (χ0) is 23.8. The Morgan fingerprint density at radius 1 is 1.09 bits per heavy atom. The second-order valence-corrected chi connectivity index (χ2v) is 9.40. The number of piperidine rings is 1. The molecule has 3 aromatic heterocycles. The maximum Gasteiger partial charge on any atom is 0.318 e. The Morgan fingerprint density at radius 2 is 1.79 bits per heavy atom. The van der Waals surface area contributed by atoms with Crippen molar-refractivity contribution in [3.05, 3.63) is 56.0 Å². The monoisotopic (exact) mass is 483 g/mol.